The Balaban J connectivity index is 4.15. The molecule has 0 bridgehead atoms. The molecule has 0 fully saturated rings. The number of aliphatic imine (C=N–C) groups is 1. The van der Waals surface area contributed by atoms with Crippen molar-refractivity contribution in [2.75, 3.05) is 13.6 Å². The lowest BCUT2D eigenvalue weighted by molar-refractivity contribution is 0.305. The van der Waals surface area contributed by atoms with Crippen LogP contribution in [0.4, 0.5) is 0 Å². The maximum Gasteiger partial charge on any atom is 0.191 e. The minimum atomic E-state index is 0.445. The molecule has 0 rings (SSSR count). The number of nitrogens with two attached hydrogens (primary N) is 1. The Kier molecular flexibility index (Phi) is 5.51. The van der Waals surface area contributed by atoms with Crippen LogP contribution >= 0.6 is 0 Å². The topological polar surface area (TPSA) is 41.6 Å². The Morgan fingerprint density at radius 2 is 1.92 bits per heavy atom. The van der Waals surface area contributed by atoms with E-state index in [4.69, 9.17) is 5.73 Å². The summed E-state index contributed by atoms with van der Waals surface area (Å²) in [6.45, 7) is 9.46. The molecule has 1 unspecified atom stereocenters. The van der Waals surface area contributed by atoms with Crippen LogP contribution in [0.5, 0.6) is 0 Å². The van der Waals surface area contributed by atoms with Gasteiger partial charge in [-0.2, -0.15) is 0 Å². The van der Waals surface area contributed by atoms with Crippen LogP contribution < -0.4 is 5.73 Å². The molecule has 0 aromatic rings. The van der Waals surface area contributed by atoms with Gasteiger partial charge in [0.15, 0.2) is 5.96 Å². The van der Waals surface area contributed by atoms with Gasteiger partial charge in [0.1, 0.15) is 0 Å². The van der Waals surface area contributed by atoms with Crippen LogP contribution in [-0.4, -0.2) is 30.5 Å². The molecule has 3 heteroatoms. The highest BCUT2D eigenvalue weighted by Gasteiger charge is 2.14. The second kappa shape index (κ2) is 5.84. The van der Waals surface area contributed by atoms with Gasteiger partial charge in [-0.15, -0.1) is 0 Å². The van der Waals surface area contributed by atoms with Crippen molar-refractivity contribution < 1.29 is 0 Å². The predicted molar refractivity (Wildman–Crippen MR) is 58.8 cm³/mol. The molecule has 0 aromatic heterocycles. The molecule has 13 heavy (non-hydrogen) atoms. The van der Waals surface area contributed by atoms with Gasteiger partial charge in [0.2, 0.25) is 0 Å². The molecular weight excluding hydrogens is 162 g/mol. The molecular formula is C10H23N3. The molecule has 0 aromatic carbocycles. The second-order valence-corrected chi connectivity index (χ2v) is 3.84. The van der Waals surface area contributed by atoms with E-state index in [1.54, 1.807) is 0 Å². The third-order valence-corrected chi connectivity index (χ3v) is 2.43. The van der Waals surface area contributed by atoms with Crippen molar-refractivity contribution in [2.45, 2.75) is 40.2 Å². The molecule has 0 radical (unpaired) electrons. The number of hydrogen-bond acceptors (Lipinski definition) is 1. The summed E-state index contributed by atoms with van der Waals surface area (Å²) >= 11 is 0. The third kappa shape index (κ3) is 4.15. The highest BCUT2D eigenvalue weighted by molar-refractivity contribution is 5.78. The van der Waals surface area contributed by atoms with Crippen molar-refractivity contribution in [3.8, 4) is 0 Å². The second-order valence-electron chi connectivity index (χ2n) is 3.84. The van der Waals surface area contributed by atoms with Gasteiger partial charge in [0.25, 0.3) is 0 Å². The van der Waals surface area contributed by atoms with Crippen molar-refractivity contribution in [1.29, 1.82) is 0 Å². The van der Waals surface area contributed by atoms with Crippen LogP contribution in [0.2, 0.25) is 0 Å². The lowest BCUT2D eigenvalue weighted by Gasteiger charge is -2.28. The molecule has 2 N–H and O–H groups in total. The summed E-state index contributed by atoms with van der Waals surface area (Å²) in [5.74, 6) is 1.25. The van der Waals surface area contributed by atoms with Gasteiger partial charge in [0.05, 0.1) is 0 Å². The van der Waals surface area contributed by atoms with Crippen molar-refractivity contribution in [2.24, 2.45) is 16.6 Å². The molecule has 0 spiro atoms. The van der Waals surface area contributed by atoms with E-state index in [0.717, 1.165) is 13.0 Å². The van der Waals surface area contributed by atoms with Crippen LogP contribution in [0.25, 0.3) is 0 Å². The molecule has 0 heterocycles. The molecule has 78 valence electrons. The fourth-order valence-electron chi connectivity index (χ4n) is 0.994. The van der Waals surface area contributed by atoms with Crippen molar-refractivity contribution >= 4 is 5.96 Å². The molecule has 0 amide bonds. The number of rotatable bonds is 4. The van der Waals surface area contributed by atoms with E-state index >= 15 is 0 Å². The van der Waals surface area contributed by atoms with Crippen LogP contribution in [-0.2, 0) is 0 Å². The van der Waals surface area contributed by atoms with Crippen molar-refractivity contribution in [3.05, 3.63) is 0 Å². The average Bonchev–Trinajstić information content (AvgIpc) is 2.11. The van der Waals surface area contributed by atoms with Gasteiger partial charge in [-0.05, 0) is 19.3 Å². The van der Waals surface area contributed by atoms with Gasteiger partial charge in [-0.25, -0.2) is 0 Å². The fourth-order valence-corrected chi connectivity index (χ4v) is 0.994. The average molecular weight is 185 g/mol. The lowest BCUT2D eigenvalue weighted by Crippen LogP contribution is -2.42. The maximum atomic E-state index is 5.82. The zero-order valence-electron chi connectivity index (χ0n) is 9.54. The summed E-state index contributed by atoms with van der Waals surface area (Å²) in [5, 5.41) is 0. The minimum absolute atomic E-state index is 0.445. The summed E-state index contributed by atoms with van der Waals surface area (Å²) in [6.07, 6.45) is 1.05. The fraction of sp³-hybridized carbons (Fsp3) is 0.900. The van der Waals surface area contributed by atoms with E-state index in [-0.39, 0.29) is 0 Å². The van der Waals surface area contributed by atoms with Gasteiger partial charge < -0.3 is 10.6 Å². The zero-order chi connectivity index (χ0) is 10.4. The summed E-state index contributed by atoms with van der Waals surface area (Å²) in [4.78, 5) is 6.31. The Morgan fingerprint density at radius 1 is 1.38 bits per heavy atom. The Morgan fingerprint density at radius 3 is 2.31 bits per heavy atom. The molecule has 0 aliphatic carbocycles. The van der Waals surface area contributed by atoms with Gasteiger partial charge in [-0.1, -0.05) is 20.8 Å². The molecule has 1 atom stereocenters. The highest BCUT2D eigenvalue weighted by atomic mass is 15.2. The third-order valence-electron chi connectivity index (χ3n) is 2.43. The minimum Gasteiger partial charge on any atom is -0.370 e. The Bertz CT molecular complexity index is 164. The Hall–Kier alpha value is -0.730. The molecule has 0 aliphatic rings. The normalized spacial score (nSPS) is 14.8. The van der Waals surface area contributed by atoms with Gasteiger partial charge >= 0.3 is 0 Å². The predicted octanol–water partition coefficient (Wildman–Crippen LogP) is 1.69. The molecule has 0 saturated carbocycles. The van der Waals surface area contributed by atoms with Crippen LogP contribution in [0.3, 0.4) is 0 Å². The standard InChI is InChI=1S/C10H23N3/c1-6-7-12-10(11)13(5)9(4)8(2)3/h8-9H,6-7H2,1-5H3,(H2,11,12). The van der Waals surface area contributed by atoms with Crippen LogP contribution in [0.1, 0.15) is 34.1 Å². The SMILES string of the molecule is CCCN=C(N)N(C)C(C)C(C)C. The number of guanidine groups is 1. The zero-order valence-corrected chi connectivity index (χ0v) is 9.54. The quantitative estimate of drug-likeness (QED) is 0.535. The smallest absolute Gasteiger partial charge is 0.191 e. The van der Waals surface area contributed by atoms with Gasteiger partial charge in [-0.3, -0.25) is 4.99 Å². The summed E-state index contributed by atoms with van der Waals surface area (Å²) in [5.41, 5.74) is 5.82. The highest BCUT2D eigenvalue weighted by Crippen LogP contribution is 2.07. The first-order valence-electron chi connectivity index (χ1n) is 5.03. The summed E-state index contributed by atoms with van der Waals surface area (Å²) in [7, 11) is 2.00. The first-order chi connectivity index (χ1) is 6.00. The molecule has 0 saturated heterocycles. The molecule has 0 aliphatic heterocycles. The number of hydrogen-bond donors (Lipinski definition) is 1. The van der Waals surface area contributed by atoms with Crippen LogP contribution in [0, 0.1) is 5.92 Å². The summed E-state index contributed by atoms with van der Waals surface area (Å²) in [6, 6.07) is 0.445. The first-order valence-corrected chi connectivity index (χ1v) is 5.03. The van der Waals surface area contributed by atoms with E-state index in [0.29, 0.717) is 17.9 Å². The molecule has 3 nitrogen and oxygen atoms in total. The van der Waals surface area contributed by atoms with Gasteiger partial charge in [0, 0.05) is 19.6 Å². The van der Waals surface area contributed by atoms with E-state index in [2.05, 4.69) is 32.7 Å². The number of nitrogens with zero attached hydrogens (tertiary/aromatic N) is 2. The van der Waals surface area contributed by atoms with E-state index in [1.807, 2.05) is 11.9 Å². The maximum absolute atomic E-state index is 5.82. The summed E-state index contributed by atoms with van der Waals surface area (Å²) < 4.78 is 0. The largest absolute Gasteiger partial charge is 0.370 e. The lowest BCUT2D eigenvalue weighted by atomic mass is 10.1. The van der Waals surface area contributed by atoms with E-state index in [1.165, 1.54) is 0 Å². The van der Waals surface area contributed by atoms with Crippen molar-refractivity contribution in [1.82, 2.24) is 4.90 Å². The van der Waals surface area contributed by atoms with E-state index in [9.17, 15) is 0 Å². The Labute approximate surface area is 82.0 Å². The van der Waals surface area contributed by atoms with Crippen LogP contribution in [0.15, 0.2) is 4.99 Å². The van der Waals surface area contributed by atoms with E-state index < -0.39 is 0 Å². The first kappa shape index (κ1) is 12.3. The monoisotopic (exact) mass is 185 g/mol. The van der Waals surface area contributed by atoms with Crippen molar-refractivity contribution in [3.63, 3.8) is 0 Å².